The van der Waals surface area contributed by atoms with Crippen LogP contribution in [0.25, 0.3) is 0 Å². The van der Waals surface area contributed by atoms with Crippen molar-refractivity contribution in [3.8, 4) is 0 Å². The summed E-state index contributed by atoms with van der Waals surface area (Å²) in [5.41, 5.74) is 1.18. The summed E-state index contributed by atoms with van der Waals surface area (Å²) in [5.74, 6) is -0.453. The number of ether oxygens (including phenoxy) is 1. The Morgan fingerprint density at radius 3 is 2.55 bits per heavy atom. The smallest absolute Gasteiger partial charge is 0.255 e. The summed E-state index contributed by atoms with van der Waals surface area (Å²) in [7, 11) is -3.67. The lowest BCUT2D eigenvalue weighted by molar-refractivity contribution is -0.117. The molecule has 10 heteroatoms. The maximum absolute atomic E-state index is 12.9. The molecule has 2 saturated heterocycles. The number of nitrogens with zero attached hydrogens (tertiary/aromatic N) is 2. The van der Waals surface area contributed by atoms with Gasteiger partial charge in [-0.3, -0.25) is 9.59 Å². The average Bonchev–Trinajstić information content (AvgIpc) is 3.20. The molecule has 0 spiro atoms. The minimum atomic E-state index is -3.67. The standard InChI is InChI=1S/C21H22ClN3O5S/c22-18-7-6-15(13-19(18)25-8-2-5-20(25)26)21(27)23-16-3-1-4-17(14-16)31(28,29)24-9-11-30-12-10-24/h1,3-4,6-7,13-14H,2,5,8-12H2,(H,23,27). The van der Waals surface area contributed by atoms with E-state index in [4.69, 9.17) is 16.3 Å². The Bertz CT molecular complexity index is 1120. The second kappa shape index (κ2) is 8.96. The van der Waals surface area contributed by atoms with Gasteiger partial charge in [-0.15, -0.1) is 0 Å². The zero-order chi connectivity index (χ0) is 22.0. The number of amides is 2. The Labute approximate surface area is 185 Å². The molecule has 2 aliphatic rings. The fourth-order valence-electron chi connectivity index (χ4n) is 3.64. The molecular weight excluding hydrogens is 442 g/mol. The van der Waals surface area contributed by atoms with Crippen molar-refractivity contribution in [3.63, 3.8) is 0 Å². The molecule has 0 unspecified atom stereocenters. The number of nitrogens with one attached hydrogen (secondary N) is 1. The van der Waals surface area contributed by atoms with Gasteiger partial charge in [0.1, 0.15) is 0 Å². The first-order chi connectivity index (χ1) is 14.9. The van der Waals surface area contributed by atoms with Crippen LogP contribution in [-0.2, 0) is 19.6 Å². The largest absolute Gasteiger partial charge is 0.379 e. The normalized spacial score (nSPS) is 17.7. The molecule has 2 aliphatic heterocycles. The molecule has 0 saturated carbocycles. The summed E-state index contributed by atoms with van der Waals surface area (Å²) in [5, 5.41) is 3.12. The Morgan fingerprint density at radius 1 is 1.06 bits per heavy atom. The van der Waals surface area contributed by atoms with Crippen molar-refractivity contribution in [2.24, 2.45) is 0 Å². The van der Waals surface area contributed by atoms with Gasteiger partial charge >= 0.3 is 0 Å². The number of morpholine rings is 1. The second-order valence-electron chi connectivity index (χ2n) is 7.31. The first-order valence-corrected chi connectivity index (χ1v) is 11.8. The average molecular weight is 464 g/mol. The molecule has 8 nitrogen and oxygen atoms in total. The van der Waals surface area contributed by atoms with Crippen molar-refractivity contribution >= 4 is 44.8 Å². The minimum Gasteiger partial charge on any atom is -0.379 e. The molecule has 0 radical (unpaired) electrons. The molecule has 4 rings (SSSR count). The van der Waals surface area contributed by atoms with E-state index in [1.165, 1.54) is 16.4 Å². The van der Waals surface area contributed by atoms with Gasteiger partial charge in [0.15, 0.2) is 0 Å². The van der Waals surface area contributed by atoms with Crippen LogP contribution in [0.2, 0.25) is 5.02 Å². The number of sulfonamides is 1. The van der Waals surface area contributed by atoms with Crippen molar-refractivity contribution in [3.05, 3.63) is 53.1 Å². The van der Waals surface area contributed by atoms with Gasteiger partial charge in [0.05, 0.1) is 28.8 Å². The molecule has 2 aromatic rings. The third-order valence-corrected chi connectivity index (χ3v) is 7.49. The molecule has 31 heavy (non-hydrogen) atoms. The van der Waals surface area contributed by atoms with Crippen LogP contribution < -0.4 is 10.2 Å². The zero-order valence-corrected chi connectivity index (χ0v) is 18.3. The van der Waals surface area contributed by atoms with Crippen LogP contribution in [0.3, 0.4) is 0 Å². The van der Waals surface area contributed by atoms with Gasteiger partial charge in [-0.2, -0.15) is 4.31 Å². The third-order valence-electron chi connectivity index (χ3n) is 5.27. The highest BCUT2D eigenvalue weighted by molar-refractivity contribution is 7.89. The van der Waals surface area contributed by atoms with Gasteiger partial charge in [0, 0.05) is 37.3 Å². The Hall–Kier alpha value is -2.46. The van der Waals surface area contributed by atoms with Gasteiger partial charge < -0.3 is 15.0 Å². The van der Waals surface area contributed by atoms with E-state index in [-0.39, 0.29) is 10.8 Å². The first-order valence-electron chi connectivity index (χ1n) is 9.95. The minimum absolute atomic E-state index is 0.0273. The van der Waals surface area contributed by atoms with Gasteiger partial charge in [-0.05, 0) is 42.8 Å². The highest BCUT2D eigenvalue weighted by Gasteiger charge is 2.27. The van der Waals surface area contributed by atoms with E-state index in [0.717, 1.165) is 6.42 Å². The number of carbonyl (C=O) groups is 2. The molecule has 1 N–H and O–H groups in total. The van der Waals surface area contributed by atoms with Crippen LogP contribution in [0.5, 0.6) is 0 Å². The van der Waals surface area contributed by atoms with Crippen LogP contribution in [0, 0.1) is 0 Å². The second-order valence-corrected chi connectivity index (χ2v) is 9.66. The summed E-state index contributed by atoms with van der Waals surface area (Å²) >= 11 is 6.25. The Kier molecular flexibility index (Phi) is 6.29. The third kappa shape index (κ3) is 4.59. The van der Waals surface area contributed by atoms with Gasteiger partial charge in [-0.25, -0.2) is 8.42 Å². The molecule has 0 aliphatic carbocycles. The highest BCUT2D eigenvalue weighted by atomic mass is 35.5. The van der Waals surface area contributed by atoms with E-state index >= 15 is 0 Å². The summed E-state index contributed by atoms with van der Waals surface area (Å²) in [6, 6.07) is 10.9. The van der Waals surface area contributed by atoms with E-state index in [1.807, 2.05) is 0 Å². The number of carbonyl (C=O) groups excluding carboxylic acids is 2. The highest BCUT2D eigenvalue weighted by Crippen LogP contribution is 2.31. The van der Waals surface area contributed by atoms with Crippen LogP contribution in [-0.4, -0.2) is 57.4 Å². The zero-order valence-electron chi connectivity index (χ0n) is 16.7. The molecule has 2 aromatic carbocycles. The lowest BCUT2D eigenvalue weighted by Crippen LogP contribution is -2.40. The lowest BCUT2D eigenvalue weighted by Gasteiger charge is -2.26. The SMILES string of the molecule is O=C(Nc1cccc(S(=O)(=O)N2CCOCC2)c1)c1ccc(Cl)c(N2CCCC2=O)c1. The number of rotatable bonds is 5. The van der Waals surface area contributed by atoms with Crippen molar-refractivity contribution in [2.75, 3.05) is 43.1 Å². The van der Waals surface area contributed by atoms with E-state index in [2.05, 4.69) is 5.32 Å². The van der Waals surface area contributed by atoms with Crippen molar-refractivity contribution in [1.29, 1.82) is 0 Å². The van der Waals surface area contributed by atoms with Gasteiger partial charge in [-0.1, -0.05) is 17.7 Å². The predicted molar refractivity (Wildman–Crippen MR) is 117 cm³/mol. The van der Waals surface area contributed by atoms with Crippen LogP contribution in [0.4, 0.5) is 11.4 Å². The van der Waals surface area contributed by atoms with Crippen LogP contribution >= 0.6 is 11.6 Å². The van der Waals surface area contributed by atoms with Crippen molar-refractivity contribution in [1.82, 2.24) is 4.31 Å². The molecule has 2 heterocycles. The van der Waals surface area contributed by atoms with Crippen LogP contribution in [0.15, 0.2) is 47.4 Å². The van der Waals surface area contributed by atoms with E-state index in [1.54, 1.807) is 35.2 Å². The lowest BCUT2D eigenvalue weighted by atomic mass is 10.1. The molecule has 0 atom stereocenters. The van der Waals surface area contributed by atoms with E-state index < -0.39 is 15.9 Å². The fraction of sp³-hybridized carbons (Fsp3) is 0.333. The first kappa shape index (κ1) is 21.8. The maximum atomic E-state index is 12.9. The van der Waals surface area contributed by atoms with E-state index in [9.17, 15) is 18.0 Å². The summed E-state index contributed by atoms with van der Waals surface area (Å²) < 4.78 is 32.3. The molecule has 2 fully saturated rings. The molecule has 0 aromatic heterocycles. The monoisotopic (exact) mass is 463 g/mol. The number of anilines is 2. The predicted octanol–water partition coefficient (Wildman–Crippen LogP) is 2.74. The number of halogens is 1. The fourth-order valence-corrected chi connectivity index (χ4v) is 5.31. The number of hydrogen-bond donors (Lipinski definition) is 1. The molecule has 164 valence electrons. The van der Waals surface area contributed by atoms with Gasteiger partial charge in [0.2, 0.25) is 15.9 Å². The summed E-state index contributed by atoms with van der Waals surface area (Å²) in [4.78, 5) is 26.5. The van der Waals surface area contributed by atoms with Gasteiger partial charge in [0.25, 0.3) is 5.91 Å². The Morgan fingerprint density at radius 2 is 1.84 bits per heavy atom. The molecular formula is C21H22ClN3O5S. The topological polar surface area (TPSA) is 96.0 Å². The molecule has 2 amide bonds. The summed E-state index contributed by atoms with van der Waals surface area (Å²) in [6.07, 6.45) is 1.20. The van der Waals surface area contributed by atoms with Crippen LogP contribution in [0.1, 0.15) is 23.2 Å². The number of hydrogen-bond acceptors (Lipinski definition) is 5. The maximum Gasteiger partial charge on any atom is 0.255 e. The quantitative estimate of drug-likeness (QED) is 0.735. The number of benzene rings is 2. The van der Waals surface area contributed by atoms with Crippen molar-refractivity contribution in [2.45, 2.75) is 17.7 Å². The molecule has 0 bridgehead atoms. The van der Waals surface area contributed by atoms with E-state index in [0.29, 0.717) is 61.2 Å². The summed E-state index contributed by atoms with van der Waals surface area (Å²) in [6.45, 7) is 1.86. The van der Waals surface area contributed by atoms with Crippen molar-refractivity contribution < 1.29 is 22.7 Å². The Balaban J connectivity index is 1.54.